The molecule has 156 valence electrons. The molecule has 0 saturated carbocycles. The van der Waals surface area contributed by atoms with Gasteiger partial charge in [-0.1, -0.05) is 12.1 Å². The van der Waals surface area contributed by atoms with Gasteiger partial charge < -0.3 is 25.3 Å². The average Bonchev–Trinajstić information content (AvgIpc) is 3.23. The molecule has 0 bridgehead atoms. The van der Waals surface area contributed by atoms with E-state index < -0.39 is 0 Å². The van der Waals surface area contributed by atoms with Gasteiger partial charge in [-0.2, -0.15) is 0 Å². The Labute approximate surface area is 184 Å². The summed E-state index contributed by atoms with van der Waals surface area (Å²) in [6, 6.07) is 11.8. The van der Waals surface area contributed by atoms with Crippen LogP contribution in [0, 0.1) is 4.77 Å². The molecule has 3 aromatic rings. The smallest absolute Gasteiger partial charge is 0.263 e. The summed E-state index contributed by atoms with van der Waals surface area (Å²) in [6.45, 7) is 1.97. The number of carbonyl (C=O) groups is 1. The highest BCUT2D eigenvalue weighted by molar-refractivity contribution is 7.71. The number of anilines is 2. The third kappa shape index (κ3) is 4.53. The number of hydrogen-bond donors (Lipinski definition) is 3. The first-order valence-electron chi connectivity index (χ1n) is 9.75. The number of thiophene rings is 1. The van der Waals surface area contributed by atoms with E-state index in [0.717, 1.165) is 24.4 Å². The second-order valence-corrected chi connectivity index (χ2v) is 8.24. The zero-order valence-electron chi connectivity index (χ0n) is 16.6. The second kappa shape index (κ2) is 9.38. The van der Waals surface area contributed by atoms with Gasteiger partial charge in [-0.3, -0.25) is 4.79 Å². The van der Waals surface area contributed by atoms with Crippen LogP contribution in [0.15, 0.2) is 48.0 Å². The van der Waals surface area contributed by atoms with E-state index in [-0.39, 0.29) is 12.0 Å². The third-order valence-electron chi connectivity index (χ3n) is 4.85. The molecule has 0 radical (unpaired) electrons. The molecular formula is C21H23N5O2S2. The molecule has 4 rings (SSSR count). The van der Waals surface area contributed by atoms with Crippen LogP contribution in [0.1, 0.15) is 27.8 Å². The van der Waals surface area contributed by atoms with Gasteiger partial charge in [-0.05, 0) is 49.4 Å². The van der Waals surface area contributed by atoms with Crippen molar-refractivity contribution in [1.29, 1.82) is 0 Å². The Bertz CT molecular complexity index is 1070. The molecular weight excluding hydrogens is 418 g/mol. The number of benzene rings is 1. The van der Waals surface area contributed by atoms with Gasteiger partial charge in [-0.25, -0.2) is 4.98 Å². The number of nitrogens with one attached hydrogen (secondary N) is 3. The molecule has 1 aromatic carbocycles. The van der Waals surface area contributed by atoms with E-state index in [1.807, 2.05) is 37.4 Å². The van der Waals surface area contributed by atoms with E-state index in [1.54, 1.807) is 16.2 Å². The van der Waals surface area contributed by atoms with Gasteiger partial charge in [0.25, 0.3) is 5.91 Å². The SMILES string of the molecule is CNCCC(Oc1cccc(N2CCNc3[nH]c(=S)ncc3C2=O)c1)c1cccs1. The van der Waals surface area contributed by atoms with Crippen molar-refractivity contribution in [2.24, 2.45) is 0 Å². The van der Waals surface area contributed by atoms with Crippen LogP contribution in [-0.2, 0) is 0 Å². The number of aromatic amines is 1. The molecule has 2 aromatic heterocycles. The maximum atomic E-state index is 13.2. The van der Waals surface area contributed by atoms with E-state index in [1.165, 1.54) is 11.1 Å². The van der Waals surface area contributed by atoms with Crippen LogP contribution >= 0.6 is 23.6 Å². The zero-order chi connectivity index (χ0) is 20.9. The molecule has 0 saturated heterocycles. The van der Waals surface area contributed by atoms with Crippen LogP contribution in [-0.4, -0.2) is 42.6 Å². The van der Waals surface area contributed by atoms with Gasteiger partial charge in [0.05, 0.1) is 5.56 Å². The molecule has 9 heteroatoms. The van der Waals surface area contributed by atoms with Crippen molar-refractivity contribution < 1.29 is 9.53 Å². The Morgan fingerprint density at radius 2 is 2.27 bits per heavy atom. The largest absolute Gasteiger partial charge is 0.485 e. The van der Waals surface area contributed by atoms with Crippen molar-refractivity contribution in [2.45, 2.75) is 12.5 Å². The molecule has 1 aliphatic rings. The topological polar surface area (TPSA) is 82.3 Å². The lowest BCUT2D eigenvalue weighted by Crippen LogP contribution is -2.32. The Morgan fingerprint density at radius 3 is 3.07 bits per heavy atom. The quantitative estimate of drug-likeness (QED) is 0.481. The van der Waals surface area contributed by atoms with Crippen molar-refractivity contribution in [2.75, 3.05) is 36.9 Å². The Kier molecular flexibility index (Phi) is 6.41. The molecule has 0 fully saturated rings. The maximum Gasteiger partial charge on any atom is 0.263 e. The summed E-state index contributed by atoms with van der Waals surface area (Å²) in [5, 5.41) is 8.46. The van der Waals surface area contributed by atoms with Crippen LogP contribution in [0.5, 0.6) is 5.75 Å². The highest BCUT2D eigenvalue weighted by Gasteiger charge is 2.25. The fourth-order valence-electron chi connectivity index (χ4n) is 3.38. The lowest BCUT2D eigenvalue weighted by atomic mass is 10.2. The summed E-state index contributed by atoms with van der Waals surface area (Å²) >= 11 is 6.76. The first-order chi connectivity index (χ1) is 14.7. The molecule has 0 spiro atoms. The Morgan fingerprint density at radius 1 is 1.37 bits per heavy atom. The number of fused-ring (bicyclic) bond motifs is 1. The number of carbonyl (C=O) groups excluding carboxylic acids is 1. The average molecular weight is 442 g/mol. The third-order valence-corrected chi connectivity index (χ3v) is 6.02. The van der Waals surface area contributed by atoms with Crippen LogP contribution in [0.2, 0.25) is 0 Å². The van der Waals surface area contributed by atoms with Crippen LogP contribution in [0.25, 0.3) is 0 Å². The molecule has 0 aliphatic carbocycles. The highest BCUT2D eigenvalue weighted by atomic mass is 32.1. The minimum atomic E-state index is -0.129. The van der Waals surface area contributed by atoms with Crippen molar-refractivity contribution in [1.82, 2.24) is 15.3 Å². The molecule has 1 unspecified atom stereocenters. The molecule has 1 amide bonds. The maximum absolute atomic E-state index is 13.2. The van der Waals surface area contributed by atoms with E-state index in [2.05, 4.69) is 32.0 Å². The van der Waals surface area contributed by atoms with Crippen LogP contribution in [0.3, 0.4) is 0 Å². The van der Waals surface area contributed by atoms with E-state index in [0.29, 0.717) is 29.2 Å². The molecule has 3 N–H and O–H groups in total. The first-order valence-corrected chi connectivity index (χ1v) is 11.0. The van der Waals surface area contributed by atoms with Gasteiger partial charge in [0.15, 0.2) is 4.77 Å². The Balaban J connectivity index is 1.59. The first kappa shape index (κ1) is 20.5. The standard InChI is InChI=1S/C21H23N5O2S2/c1-22-8-7-17(18-6-3-11-30-18)28-15-5-2-4-14(12-15)26-10-9-23-19-16(20(26)27)13-24-21(29)25-19/h2-6,11-13,17,22H,7-10H2,1H3,(H2,23,24,25,29). The summed E-state index contributed by atoms with van der Waals surface area (Å²) < 4.78 is 6.68. The summed E-state index contributed by atoms with van der Waals surface area (Å²) in [5.74, 6) is 1.22. The fraction of sp³-hybridized carbons (Fsp3) is 0.286. The Hall–Kier alpha value is -2.75. The fourth-order valence-corrected chi connectivity index (χ4v) is 4.32. The van der Waals surface area contributed by atoms with Gasteiger partial charge in [0.2, 0.25) is 0 Å². The summed E-state index contributed by atoms with van der Waals surface area (Å²) in [7, 11) is 1.93. The number of rotatable bonds is 7. The lowest BCUT2D eigenvalue weighted by Gasteiger charge is -2.23. The summed E-state index contributed by atoms with van der Waals surface area (Å²) in [4.78, 5) is 23.1. The predicted molar refractivity (Wildman–Crippen MR) is 122 cm³/mol. The molecule has 7 nitrogen and oxygen atoms in total. The van der Waals surface area contributed by atoms with Gasteiger partial charge in [0, 0.05) is 42.3 Å². The molecule has 1 atom stereocenters. The van der Waals surface area contributed by atoms with Crippen LogP contribution in [0.4, 0.5) is 11.5 Å². The second-order valence-electron chi connectivity index (χ2n) is 6.87. The molecule has 30 heavy (non-hydrogen) atoms. The number of amides is 1. The van der Waals surface area contributed by atoms with E-state index in [4.69, 9.17) is 17.0 Å². The number of nitrogens with zero attached hydrogens (tertiary/aromatic N) is 2. The normalized spacial score (nSPS) is 14.6. The predicted octanol–water partition coefficient (Wildman–Crippen LogP) is 4.00. The zero-order valence-corrected chi connectivity index (χ0v) is 18.2. The van der Waals surface area contributed by atoms with Crippen LogP contribution < -0.4 is 20.3 Å². The number of hydrogen-bond acceptors (Lipinski definition) is 7. The van der Waals surface area contributed by atoms with E-state index in [9.17, 15) is 4.79 Å². The molecule has 3 heterocycles. The highest BCUT2D eigenvalue weighted by Crippen LogP contribution is 2.31. The lowest BCUT2D eigenvalue weighted by molar-refractivity contribution is 0.0989. The minimum Gasteiger partial charge on any atom is -0.485 e. The van der Waals surface area contributed by atoms with Gasteiger partial charge in [0.1, 0.15) is 17.7 Å². The minimum absolute atomic E-state index is 0.0424. The van der Waals surface area contributed by atoms with Gasteiger partial charge >= 0.3 is 0 Å². The van der Waals surface area contributed by atoms with Crippen molar-refractivity contribution >= 4 is 41.0 Å². The summed E-state index contributed by atoms with van der Waals surface area (Å²) in [5.41, 5.74) is 1.26. The molecule has 1 aliphatic heterocycles. The summed E-state index contributed by atoms with van der Waals surface area (Å²) in [6.07, 6.45) is 2.33. The van der Waals surface area contributed by atoms with Crippen molar-refractivity contribution in [3.8, 4) is 5.75 Å². The van der Waals surface area contributed by atoms with E-state index >= 15 is 0 Å². The number of ether oxygens (including phenoxy) is 1. The van der Waals surface area contributed by atoms with Gasteiger partial charge in [-0.15, -0.1) is 11.3 Å². The monoisotopic (exact) mass is 441 g/mol. The van der Waals surface area contributed by atoms with Crippen molar-refractivity contribution in [3.05, 3.63) is 63.2 Å². The number of H-pyrrole nitrogens is 1. The van der Waals surface area contributed by atoms with Crippen molar-refractivity contribution in [3.63, 3.8) is 0 Å². The number of aromatic nitrogens is 2.